The van der Waals surface area contributed by atoms with Crippen molar-refractivity contribution in [2.75, 3.05) is 4.90 Å². The highest BCUT2D eigenvalue weighted by molar-refractivity contribution is 7.03. The molecule has 1 fully saturated rings. The molecule has 2 heteroatoms. The van der Waals surface area contributed by atoms with Crippen LogP contribution in [-0.2, 0) is 5.41 Å². The van der Waals surface area contributed by atoms with Gasteiger partial charge >= 0.3 is 0 Å². The molecule has 2 aliphatic carbocycles. The molecule has 0 N–H and O–H groups in total. The monoisotopic (exact) mass is 651 g/mol. The lowest BCUT2D eigenvalue weighted by Gasteiger charge is -2.30. The van der Waals surface area contributed by atoms with Crippen molar-refractivity contribution < 1.29 is 0 Å². The highest BCUT2D eigenvalue weighted by atomic mass is 28.3. The van der Waals surface area contributed by atoms with Crippen molar-refractivity contribution in [2.45, 2.75) is 70.4 Å². The van der Waals surface area contributed by atoms with Gasteiger partial charge in [0.1, 0.15) is 8.07 Å². The fraction of sp³-hybridized carbons (Fsp3) is 0.234. The molecule has 6 aromatic carbocycles. The van der Waals surface area contributed by atoms with Gasteiger partial charge in [0.25, 0.3) is 0 Å². The van der Waals surface area contributed by atoms with Gasteiger partial charge in [-0.25, -0.2) is 0 Å². The summed E-state index contributed by atoms with van der Waals surface area (Å²) in [7, 11) is -1.77. The maximum atomic E-state index is 2.53. The van der Waals surface area contributed by atoms with E-state index >= 15 is 0 Å². The third kappa shape index (κ3) is 4.79. The molecular formula is C47H45NSi. The molecule has 1 heterocycles. The lowest BCUT2D eigenvalue weighted by Crippen LogP contribution is -2.49. The highest BCUT2D eigenvalue weighted by Crippen LogP contribution is 2.51. The molecule has 1 saturated carbocycles. The summed E-state index contributed by atoms with van der Waals surface area (Å²) in [5.41, 5.74) is 15.9. The van der Waals surface area contributed by atoms with Crippen molar-refractivity contribution in [2.24, 2.45) is 0 Å². The standard InChI is InChI=1S/C47H45NSi/c1-47(2)42-19-11-8-17-38(42)39-28-26-36(31-43(39)47)48(35-27-29-46-41(30-35)40-18-10-13-21-45(40)49(46,3)4)44-20-12-9-16-37(44)34-24-22-33(23-25-34)32-14-6-5-7-15-32/h8-13,16-32H,5-7,14-15H2,1-4H3. The van der Waals surface area contributed by atoms with E-state index in [9.17, 15) is 0 Å². The van der Waals surface area contributed by atoms with Crippen LogP contribution < -0.4 is 15.3 Å². The Balaban J connectivity index is 1.22. The molecule has 6 aromatic rings. The first-order valence-electron chi connectivity index (χ1n) is 18.3. The minimum atomic E-state index is -1.77. The predicted molar refractivity (Wildman–Crippen MR) is 212 cm³/mol. The second-order valence-electron chi connectivity index (χ2n) is 15.6. The summed E-state index contributed by atoms with van der Waals surface area (Å²) in [5.74, 6) is 0.704. The Kier molecular flexibility index (Phi) is 7.11. The van der Waals surface area contributed by atoms with E-state index in [1.807, 2.05) is 0 Å². The lowest BCUT2D eigenvalue weighted by atomic mass is 9.82. The predicted octanol–water partition coefficient (Wildman–Crippen LogP) is 12.0. The number of para-hydroxylation sites is 1. The summed E-state index contributed by atoms with van der Waals surface area (Å²) in [6.07, 6.45) is 6.75. The summed E-state index contributed by atoms with van der Waals surface area (Å²) in [6, 6.07) is 51.1. The summed E-state index contributed by atoms with van der Waals surface area (Å²) >= 11 is 0. The van der Waals surface area contributed by atoms with E-state index in [0.717, 1.165) is 0 Å². The molecule has 0 saturated heterocycles. The largest absolute Gasteiger partial charge is 0.310 e. The molecule has 0 bridgehead atoms. The summed E-state index contributed by atoms with van der Waals surface area (Å²) in [6.45, 7) is 9.77. The minimum absolute atomic E-state index is 0.0748. The number of benzene rings is 6. The number of rotatable bonds is 5. The number of anilines is 3. The van der Waals surface area contributed by atoms with Gasteiger partial charge in [-0.05, 0) is 104 Å². The molecule has 0 aromatic heterocycles. The lowest BCUT2D eigenvalue weighted by molar-refractivity contribution is 0.443. The van der Waals surface area contributed by atoms with Gasteiger partial charge in [0, 0.05) is 22.4 Å². The van der Waals surface area contributed by atoms with Crippen molar-refractivity contribution in [3.05, 3.63) is 150 Å². The zero-order valence-corrected chi connectivity index (χ0v) is 30.3. The van der Waals surface area contributed by atoms with Gasteiger partial charge in [-0.2, -0.15) is 0 Å². The molecule has 0 atom stereocenters. The molecular weight excluding hydrogens is 607 g/mol. The van der Waals surface area contributed by atoms with E-state index in [-0.39, 0.29) is 5.41 Å². The van der Waals surface area contributed by atoms with Crippen LogP contribution in [0.15, 0.2) is 133 Å². The molecule has 0 amide bonds. The summed E-state index contributed by atoms with van der Waals surface area (Å²) in [4.78, 5) is 2.53. The third-order valence-electron chi connectivity index (χ3n) is 12.1. The Bertz CT molecular complexity index is 2220. The van der Waals surface area contributed by atoms with E-state index in [0.29, 0.717) is 5.92 Å². The normalized spacial score (nSPS) is 16.8. The van der Waals surface area contributed by atoms with Gasteiger partial charge in [-0.3, -0.25) is 0 Å². The van der Waals surface area contributed by atoms with Crippen molar-refractivity contribution >= 4 is 35.5 Å². The zero-order valence-electron chi connectivity index (χ0n) is 29.3. The maximum absolute atomic E-state index is 2.53. The van der Waals surface area contributed by atoms with Crippen LogP contribution in [0.1, 0.15) is 68.6 Å². The number of hydrogen-bond donors (Lipinski definition) is 0. The maximum Gasteiger partial charge on any atom is 0.113 e. The van der Waals surface area contributed by atoms with E-state index in [2.05, 4.69) is 165 Å². The molecule has 0 radical (unpaired) electrons. The molecule has 0 spiro atoms. The molecule has 242 valence electrons. The number of hydrogen-bond acceptors (Lipinski definition) is 1. The van der Waals surface area contributed by atoms with E-state index in [1.165, 1.54) is 104 Å². The minimum Gasteiger partial charge on any atom is -0.310 e. The van der Waals surface area contributed by atoms with Gasteiger partial charge in [-0.1, -0.05) is 149 Å². The number of fused-ring (bicyclic) bond motifs is 6. The van der Waals surface area contributed by atoms with Crippen LogP contribution >= 0.6 is 0 Å². The third-order valence-corrected chi connectivity index (χ3v) is 15.7. The Hall–Kier alpha value is -4.66. The second kappa shape index (κ2) is 11.5. The molecule has 3 aliphatic rings. The van der Waals surface area contributed by atoms with Crippen LogP contribution in [0.3, 0.4) is 0 Å². The Morgan fingerprint density at radius 2 is 1.14 bits per heavy atom. The van der Waals surface area contributed by atoms with E-state index in [1.54, 1.807) is 5.19 Å². The molecule has 0 unspecified atom stereocenters. The van der Waals surface area contributed by atoms with Gasteiger partial charge in [0.05, 0.1) is 5.69 Å². The first-order chi connectivity index (χ1) is 23.8. The van der Waals surface area contributed by atoms with E-state index in [4.69, 9.17) is 0 Å². The van der Waals surface area contributed by atoms with Crippen LogP contribution in [0.5, 0.6) is 0 Å². The SMILES string of the molecule is CC1(C)c2ccccc2-c2ccc(N(c3ccc4c(c3)-c3ccccc3[Si]4(C)C)c3ccccc3-c3ccc(C4CCCCC4)cc3)cc21. The Morgan fingerprint density at radius 1 is 0.531 bits per heavy atom. The van der Waals surface area contributed by atoms with Crippen molar-refractivity contribution in [3.8, 4) is 33.4 Å². The average molecular weight is 652 g/mol. The van der Waals surface area contributed by atoms with Crippen LogP contribution in [-0.4, -0.2) is 8.07 Å². The topological polar surface area (TPSA) is 3.24 Å². The van der Waals surface area contributed by atoms with Crippen LogP contribution in [0, 0.1) is 0 Å². The summed E-state index contributed by atoms with van der Waals surface area (Å²) in [5, 5.41) is 3.08. The first kappa shape index (κ1) is 30.4. The highest BCUT2D eigenvalue weighted by Gasteiger charge is 2.38. The van der Waals surface area contributed by atoms with E-state index < -0.39 is 8.07 Å². The van der Waals surface area contributed by atoms with Gasteiger partial charge in [0.15, 0.2) is 0 Å². The molecule has 1 aliphatic heterocycles. The fourth-order valence-corrected chi connectivity index (χ4v) is 12.5. The van der Waals surface area contributed by atoms with Gasteiger partial charge < -0.3 is 4.90 Å². The van der Waals surface area contributed by atoms with Crippen LogP contribution in [0.4, 0.5) is 17.1 Å². The Morgan fingerprint density at radius 3 is 1.94 bits per heavy atom. The van der Waals surface area contributed by atoms with Crippen molar-refractivity contribution in [1.82, 2.24) is 0 Å². The molecule has 9 rings (SSSR count). The zero-order chi connectivity index (χ0) is 33.3. The molecule has 49 heavy (non-hydrogen) atoms. The fourth-order valence-electron chi connectivity index (χ4n) is 9.39. The smallest absolute Gasteiger partial charge is 0.113 e. The first-order valence-corrected chi connectivity index (χ1v) is 21.3. The van der Waals surface area contributed by atoms with Gasteiger partial charge in [0.2, 0.25) is 0 Å². The van der Waals surface area contributed by atoms with Crippen molar-refractivity contribution in [3.63, 3.8) is 0 Å². The number of nitrogens with zero attached hydrogens (tertiary/aromatic N) is 1. The quantitative estimate of drug-likeness (QED) is 0.168. The second-order valence-corrected chi connectivity index (χ2v) is 19.9. The van der Waals surface area contributed by atoms with Crippen molar-refractivity contribution in [1.29, 1.82) is 0 Å². The van der Waals surface area contributed by atoms with Crippen LogP contribution in [0.25, 0.3) is 33.4 Å². The summed E-state index contributed by atoms with van der Waals surface area (Å²) < 4.78 is 0. The average Bonchev–Trinajstić information content (AvgIpc) is 3.52. The Labute approximate surface area is 293 Å². The van der Waals surface area contributed by atoms with Gasteiger partial charge in [-0.15, -0.1) is 0 Å². The molecule has 1 nitrogen and oxygen atoms in total. The van der Waals surface area contributed by atoms with Crippen LogP contribution in [0.2, 0.25) is 13.1 Å².